The minimum Gasteiger partial charge on any atom is -0.310 e. The molecular weight excluding hydrogens is 671 g/mol. The molecule has 0 fully saturated rings. The molecule has 0 saturated carbocycles. The Balaban J connectivity index is 1.10. The van der Waals surface area contributed by atoms with Crippen LogP contribution in [-0.4, -0.2) is 0 Å². The number of hydrogen-bond acceptors (Lipinski definition) is 2. The SMILES string of the molecule is c1ccc(-c2cccc(N(c3ccc(-c4cc5ccc6ccccc6c5c5ccccc45)cc3)c3cccc4c3ccc3c5ccccc5sc43)c2)cc1. The van der Waals surface area contributed by atoms with Crippen LogP contribution in [0.1, 0.15) is 0 Å². The van der Waals surface area contributed by atoms with Crippen LogP contribution in [0.4, 0.5) is 17.1 Å². The Hall–Kier alpha value is -6.74. The zero-order valence-corrected chi connectivity index (χ0v) is 30.2. The summed E-state index contributed by atoms with van der Waals surface area (Å²) in [6.07, 6.45) is 0. The van der Waals surface area contributed by atoms with E-state index in [4.69, 9.17) is 0 Å². The zero-order valence-electron chi connectivity index (χ0n) is 29.4. The van der Waals surface area contributed by atoms with E-state index in [9.17, 15) is 0 Å². The van der Waals surface area contributed by atoms with Gasteiger partial charge in [0.25, 0.3) is 0 Å². The van der Waals surface area contributed by atoms with Crippen molar-refractivity contribution in [2.75, 3.05) is 4.90 Å². The molecule has 1 heterocycles. The summed E-state index contributed by atoms with van der Waals surface area (Å²) in [7, 11) is 0. The van der Waals surface area contributed by atoms with E-state index >= 15 is 0 Å². The van der Waals surface area contributed by atoms with Gasteiger partial charge in [-0.1, -0.05) is 158 Å². The van der Waals surface area contributed by atoms with Crippen LogP contribution in [0.5, 0.6) is 0 Å². The maximum atomic E-state index is 2.43. The summed E-state index contributed by atoms with van der Waals surface area (Å²) in [6.45, 7) is 0. The molecule has 10 aromatic carbocycles. The van der Waals surface area contributed by atoms with Crippen LogP contribution >= 0.6 is 11.3 Å². The van der Waals surface area contributed by atoms with Crippen LogP contribution < -0.4 is 4.90 Å². The van der Waals surface area contributed by atoms with Crippen LogP contribution in [0.25, 0.3) is 85.5 Å². The lowest BCUT2D eigenvalue weighted by molar-refractivity contribution is 1.30. The molecule has 0 atom stereocenters. The molecule has 11 rings (SSSR count). The van der Waals surface area contributed by atoms with E-state index < -0.39 is 0 Å². The summed E-state index contributed by atoms with van der Waals surface area (Å²) >= 11 is 1.89. The predicted molar refractivity (Wildman–Crippen MR) is 235 cm³/mol. The highest BCUT2D eigenvalue weighted by atomic mass is 32.1. The molecule has 0 saturated heterocycles. The van der Waals surface area contributed by atoms with Crippen LogP contribution in [-0.2, 0) is 0 Å². The summed E-state index contributed by atoms with van der Waals surface area (Å²) in [5, 5.41) is 12.8. The first kappa shape index (κ1) is 30.8. The number of nitrogens with zero attached hydrogens (tertiary/aromatic N) is 1. The van der Waals surface area contributed by atoms with E-state index in [1.165, 1.54) is 85.5 Å². The lowest BCUT2D eigenvalue weighted by Crippen LogP contribution is -2.10. The molecule has 0 N–H and O–H groups in total. The van der Waals surface area contributed by atoms with Crippen molar-refractivity contribution in [3.63, 3.8) is 0 Å². The van der Waals surface area contributed by atoms with Gasteiger partial charge in [0.2, 0.25) is 0 Å². The fourth-order valence-electron chi connectivity index (χ4n) is 8.51. The quantitative estimate of drug-likeness (QED) is 0.161. The average Bonchev–Trinajstić information content (AvgIpc) is 3.63. The van der Waals surface area contributed by atoms with Crippen molar-refractivity contribution in [1.82, 2.24) is 0 Å². The molecule has 252 valence electrons. The molecule has 1 aromatic heterocycles. The Morgan fingerprint density at radius 2 is 0.981 bits per heavy atom. The Morgan fingerprint density at radius 1 is 0.333 bits per heavy atom. The zero-order chi connectivity index (χ0) is 35.6. The molecule has 54 heavy (non-hydrogen) atoms. The van der Waals surface area contributed by atoms with Gasteiger partial charge < -0.3 is 4.90 Å². The Labute approximate surface area is 317 Å². The van der Waals surface area contributed by atoms with Gasteiger partial charge in [-0.2, -0.15) is 0 Å². The van der Waals surface area contributed by atoms with Gasteiger partial charge in [-0.05, 0) is 97.0 Å². The third-order valence-electron chi connectivity index (χ3n) is 11.0. The van der Waals surface area contributed by atoms with Crippen LogP contribution in [0.15, 0.2) is 200 Å². The number of rotatable bonds is 5. The predicted octanol–water partition coefficient (Wildman–Crippen LogP) is 15.5. The highest BCUT2D eigenvalue weighted by molar-refractivity contribution is 7.26. The van der Waals surface area contributed by atoms with E-state index in [-0.39, 0.29) is 0 Å². The first-order valence-corrected chi connectivity index (χ1v) is 19.3. The lowest BCUT2D eigenvalue weighted by atomic mass is 9.90. The minimum absolute atomic E-state index is 1.11. The molecule has 1 nitrogen and oxygen atoms in total. The average molecular weight is 704 g/mol. The molecule has 0 aliphatic carbocycles. The first-order valence-electron chi connectivity index (χ1n) is 18.5. The van der Waals surface area contributed by atoms with E-state index in [0.717, 1.165) is 17.1 Å². The van der Waals surface area contributed by atoms with Gasteiger partial charge in [-0.15, -0.1) is 11.3 Å². The Morgan fingerprint density at radius 3 is 1.85 bits per heavy atom. The van der Waals surface area contributed by atoms with Crippen molar-refractivity contribution in [1.29, 1.82) is 0 Å². The van der Waals surface area contributed by atoms with E-state index in [0.29, 0.717) is 0 Å². The van der Waals surface area contributed by atoms with Crippen LogP contribution in [0.2, 0.25) is 0 Å². The second-order valence-corrected chi connectivity index (χ2v) is 15.1. The number of anilines is 3. The van der Waals surface area contributed by atoms with Gasteiger partial charge in [0.1, 0.15) is 0 Å². The van der Waals surface area contributed by atoms with Crippen molar-refractivity contribution in [2.24, 2.45) is 0 Å². The number of fused-ring (bicyclic) bond motifs is 10. The molecule has 0 aliphatic rings. The molecule has 0 spiro atoms. The van der Waals surface area contributed by atoms with Gasteiger partial charge in [-0.25, -0.2) is 0 Å². The summed E-state index contributed by atoms with van der Waals surface area (Å²) in [5.41, 5.74) is 8.24. The maximum absolute atomic E-state index is 2.43. The van der Waals surface area contributed by atoms with Crippen LogP contribution in [0.3, 0.4) is 0 Å². The summed E-state index contributed by atoms with van der Waals surface area (Å²) < 4.78 is 2.66. The van der Waals surface area contributed by atoms with Crippen molar-refractivity contribution in [3.05, 3.63) is 200 Å². The Kier molecular flexibility index (Phi) is 7.11. The third-order valence-corrected chi connectivity index (χ3v) is 12.2. The number of benzene rings is 10. The second-order valence-electron chi connectivity index (χ2n) is 14.1. The molecule has 0 radical (unpaired) electrons. The lowest BCUT2D eigenvalue weighted by Gasteiger charge is -2.27. The van der Waals surface area contributed by atoms with Crippen molar-refractivity contribution >= 4 is 91.7 Å². The Bertz CT molecular complexity index is 3210. The molecule has 2 heteroatoms. The van der Waals surface area contributed by atoms with Gasteiger partial charge >= 0.3 is 0 Å². The smallest absolute Gasteiger partial charge is 0.0540 e. The van der Waals surface area contributed by atoms with Gasteiger partial charge in [-0.3, -0.25) is 0 Å². The molecule has 11 aromatic rings. The summed E-state index contributed by atoms with van der Waals surface area (Å²) in [5.74, 6) is 0. The highest BCUT2D eigenvalue weighted by Gasteiger charge is 2.19. The van der Waals surface area contributed by atoms with E-state index in [2.05, 4.69) is 205 Å². The fourth-order valence-corrected chi connectivity index (χ4v) is 9.74. The summed E-state index contributed by atoms with van der Waals surface area (Å²) in [6, 6.07) is 73.4. The second kappa shape index (κ2) is 12.4. The number of hydrogen-bond donors (Lipinski definition) is 0. The first-order chi connectivity index (χ1) is 26.8. The fraction of sp³-hybridized carbons (Fsp3) is 0. The van der Waals surface area contributed by atoms with Gasteiger partial charge in [0, 0.05) is 42.3 Å². The van der Waals surface area contributed by atoms with Gasteiger partial charge in [0.15, 0.2) is 0 Å². The van der Waals surface area contributed by atoms with Crippen molar-refractivity contribution in [3.8, 4) is 22.3 Å². The standard InChI is InChI=1S/C52H33NS/c1-2-12-34(13-3-1)37-15-10-16-40(32-37)53(49-22-11-21-46-43(49)30-31-47-44-19-8-9-23-50(44)54-52(46)47)39-28-26-36(27-29-39)48-33-38-25-24-35-14-4-5-17-41(35)51(38)45-20-7-6-18-42(45)48/h1-33H. The van der Waals surface area contributed by atoms with Crippen LogP contribution in [0, 0.1) is 0 Å². The molecule has 0 bridgehead atoms. The molecule has 0 amide bonds. The normalized spacial score (nSPS) is 11.7. The van der Waals surface area contributed by atoms with Crippen molar-refractivity contribution < 1.29 is 0 Å². The summed E-state index contributed by atoms with van der Waals surface area (Å²) in [4.78, 5) is 2.43. The topological polar surface area (TPSA) is 3.24 Å². The molecular formula is C52H33NS. The molecule has 0 unspecified atom stereocenters. The molecule has 0 aliphatic heterocycles. The maximum Gasteiger partial charge on any atom is 0.0540 e. The van der Waals surface area contributed by atoms with Gasteiger partial charge in [0.05, 0.1) is 5.69 Å². The number of thiophene rings is 1. The van der Waals surface area contributed by atoms with E-state index in [1.54, 1.807) is 0 Å². The largest absolute Gasteiger partial charge is 0.310 e. The van der Waals surface area contributed by atoms with E-state index in [1.807, 2.05) is 11.3 Å². The third kappa shape index (κ3) is 4.92. The monoisotopic (exact) mass is 703 g/mol. The highest BCUT2D eigenvalue weighted by Crippen LogP contribution is 2.45. The van der Waals surface area contributed by atoms with Crippen molar-refractivity contribution in [2.45, 2.75) is 0 Å². The minimum atomic E-state index is 1.11.